The van der Waals surface area contributed by atoms with E-state index in [2.05, 4.69) is 4.98 Å². The van der Waals surface area contributed by atoms with Gasteiger partial charge in [0.2, 0.25) is 0 Å². The number of hydrogen-bond acceptors (Lipinski definition) is 4. The van der Waals surface area contributed by atoms with Gasteiger partial charge in [-0.1, -0.05) is 0 Å². The van der Waals surface area contributed by atoms with E-state index in [0.29, 0.717) is 0 Å². The van der Waals surface area contributed by atoms with Crippen molar-refractivity contribution in [2.75, 3.05) is 0 Å². The van der Waals surface area contributed by atoms with Crippen LogP contribution >= 0.6 is 11.3 Å². The molecule has 2 rings (SSSR count). The van der Waals surface area contributed by atoms with Gasteiger partial charge in [0.15, 0.2) is 0 Å². The molecule has 0 fully saturated rings. The lowest BCUT2D eigenvalue weighted by atomic mass is 10.1. The first kappa shape index (κ1) is 14.4. The molecule has 0 aromatic carbocycles. The first-order valence-corrected chi connectivity index (χ1v) is 6.95. The van der Waals surface area contributed by atoms with Crippen molar-refractivity contribution in [1.29, 1.82) is 0 Å². The predicted molar refractivity (Wildman–Crippen MR) is 79.6 cm³/mol. The maximum Gasteiger partial charge on any atom is 0.334 e. The fourth-order valence-electron chi connectivity index (χ4n) is 1.80. The van der Waals surface area contributed by atoms with E-state index in [1.54, 1.807) is 6.20 Å². The summed E-state index contributed by atoms with van der Waals surface area (Å²) >= 11 is 1.48. The smallest absolute Gasteiger partial charge is 0.334 e. The summed E-state index contributed by atoms with van der Waals surface area (Å²) in [5, 5.41) is 18.5. The van der Waals surface area contributed by atoms with Crippen molar-refractivity contribution in [2.24, 2.45) is 0 Å². The van der Waals surface area contributed by atoms with Gasteiger partial charge >= 0.3 is 5.97 Å². The second kappa shape index (κ2) is 5.98. The second-order valence-electron chi connectivity index (χ2n) is 4.47. The summed E-state index contributed by atoms with van der Waals surface area (Å²) in [4.78, 5) is 17.0. The van der Waals surface area contributed by atoms with Crippen LogP contribution in [0.3, 0.4) is 0 Å². The lowest BCUT2D eigenvalue weighted by Gasteiger charge is -2.03. The van der Waals surface area contributed by atoms with E-state index in [-0.39, 0.29) is 5.57 Å². The Kier molecular flexibility index (Phi) is 4.32. The van der Waals surface area contributed by atoms with Gasteiger partial charge in [0.1, 0.15) is 0 Å². The van der Waals surface area contributed by atoms with Crippen LogP contribution in [0.15, 0.2) is 36.0 Å². The quantitative estimate of drug-likeness (QED) is 0.849. The lowest BCUT2D eigenvalue weighted by Crippen LogP contribution is -2.13. The van der Waals surface area contributed by atoms with Crippen LogP contribution in [0, 0.1) is 6.92 Å². The zero-order valence-corrected chi connectivity index (χ0v) is 12.0. The van der Waals surface area contributed by atoms with E-state index < -0.39 is 12.1 Å². The molecule has 104 valence electrons. The van der Waals surface area contributed by atoms with Gasteiger partial charge in [-0.25, -0.2) is 4.79 Å². The van der Waals surface area contributed by atoms with Crippen molar-refractivity contribution in [3.8, 4) is 10.4 Å². The summed E-state index contributed by atoms with van der Waals surface area (Å²) in [5.41, 5.74) is 1.98. The molecular formula is C15H15NO3S. The summed E-state index contributed by atoms with van der Waals surface area (Å²) in [6, 6.07) is 7.68. The van der Waals surface area contributed by atoms with Crippen LogP contribution in [-0.4, -0.2) is 27.3 Å². The summed E-state index contributed by atoms with van der Waals surface area (Å²) in [6.07, 6.45) is 2.26. The lowest BCUT2D eigenvalue weighted by molar-refractivity contribution is -0.133. The van der Waals surface area contributed by atoms with Gasteiger partial charge in [-0.2, -0.15) is 0 Å². The predicted octanol–water partition coefficient (Wildman–Crippen LogP) is 2.97. The number of aromatic nitrogens is 1. The molecule has 0 aliphatic rings. The van der Waals surface area contributed by atoms with Crippen LogP contribution in [0.5, 0.6) is 0 Å². The van der Waals surface area contributed by atoms with Crippen LogP contribution in [0.2, 0.25) is 0 Å². The SMILES string of the molecule is Cc1cc(-c2ccc(/C=C(\C(=O)O)C(C)O)s2)ccn1. The third-order valence-electron chi connectivity index (χ3n) is 2.80. The highest BCUT2D eigenvalue weighted by atomic mass is 32.1. The molecular weight excluding hydrogens is 274 g/mol. The highest BCUT2D eigenvalue weighted by Crippen LogP contribution is 2.29. The number of aryl methyl sites for hydroxylation is 1. The standard InChI is InChI=1S/C15H15NO3S/c1-9-7-11(5-6-16-9)14-4-3-12(20-14)8-13(10(2)17)15(18)19/h3-8,10,17H,1-2H3,(H,18,19)/b13-8-. The molecule has 0 bridgehead atoms. The summed E-state index contributed by atoms with van der Waals surface area (Å²) in [7, 11) is 0. The van der Waals surface area contributed by atoms with Crippen molar-refractivity contribution in [1.82, 2.24) is 4.98 Å². The number of carboxylic acids is 1. The van der Waals surface area contributed by atoms with Gasteiger partial charge < -0.3 is 10.2 Å². The average molecular weight is 289 g/mol. The number of pyridine rings is 1. The fraction of sp³-hybridized carbons (Fsp3) is 0.200. The monoisotopic (exact) mass is 289 g/mol. The third-order valence-corrected chi connectivity index (χ3v) is 3.88. The molecule has 0 spiro atoms. The molecule has 0 radical (unpaired) electrons. The molecule has 0 aliphatic carbocycles. The van der Waals surface area contributed by atoms with Crippen LogP contribution in [0.1, 0.15) is 17.5 Å². The highest BCUT2D eigenvalue weighted by Gasteiger charge is 2.14. The molecule has 5 heteroatoms. The molecule has 2 aromatic rings. The van der Waals surface area contributed by atoms with Crippen LogP contribution in [-0.2, 0) is 4.79 Å². The Morgan fingerprint density at radius 3 is 2.75 bits per heavy atom. The number of nitrogens with zero attached hydrogens (tertiary/aromatic N) is 1. The first-order chi connectivity index (χ1) is 9.47. The molecule has 1 atom stereocenters. The number of carbonyl (C=O) groups is 1. The number of aliphatic carboxylic acids is 1. The van der Waals surface area contributed by atoms with Gasteiger partial charge in [0, 0.05) is 21.6 Å². The van der Waals surface area contributed by atoms with Crippen molar-refractivity contribution in [3.05, 3.63) is 46.6 Å². The maximum absolute atomic E-state index is 11.0. The fourth-order valence-corrected chi connectivity index (χ4v) is 2.76. The molecule has 0 saturated heterocycles. The largest absolute Gasteiger partial charge is 0.478 e. The molecule has 4 nitrogen and oxygen atoms in total. The van der Waals surface area contributed by atoms with E-state index in [0.717, 1.165) is 21.0 Å². The van der Waals surface area contributed by atoms with Gasteiger partial charge in [-0.05, 0) is 49.8 Å². The van der Waals surface area contributed by atoms with Crippen molar-refractivity contribution in [2.45, 2.75) is 20.0 Å². The zero-order valence-electron chi connectivity index (χ0n) is 11.2. The Bertz CT molecular complexity index is 659. The van der Waals surface area contributed by atoms with Gasteiger partial charge in [0.25, 0.3) is 0 Å². The van der Waals surface area contributed by atoms with Crippen LogP contribution < -0.4 is 0 Å². The molecule has 0 amide bonds. The Hall–Kier alpha value is -1.98. The number of rotatable bonds is 4. The number of thiophene rings is 1. The summed E-state index contributed by atoms with van der Waals surface area (Å²) < 4.78 is 0. The Morgan fingerprint density at radius 1 is 1.40 bits per heavy atom. The molecule has 2 aromatic heterocycles. The molecule has 2 N–H and O–H groups in total. The minimum absolute atomic E-state index is 0.00990. The van der Waals surface area contributed by atoms with Gasteiger partial charge in [-0.3, -0.25) is 4.98 Å². The van der Waals surface area contributed by atoms with Crippen LogP contribution in [0.4, 0.5) is 0 Å². The minimum atomic E-state index is -1.10. The third kappa shape index (κ3) is 3.31. The number of carboxylic acid groups (broad SMARTS) is 1. The molecule has 20 heavy (non-hydrogen) atoms. The average Bonchev–Trinajstić information content (AvgIpc) is 2.83. The van der Waals surface area contributed by atoms with Crippen molar-refractivity contribution < 1.29 is 15.0 Å². The molecule has 0 aliphatic heterocycles. The van der Waals surface area contributed by atoms with Crippen molar-refractivity contribution >= 4 is 23.4 Å². The normalized spacial score (nSPS) is 13.2. The minimum Gasteiger partial charge on any atom is -0.478 e. The molecule has 0 saturated carbocycles. The Labute approximate surface area is 121 Å². The number of hydrogen-bond donors (Lipinski definition) is 2. The van der Waals surface area contributed by atoms with Gasteiger partial charge in [-0.15, -0.1) is 11.3 Å². The summed E-state index contributed by atoms with van der Waals surface area (Å²) in [6.45, 7) is 3.37. The Balaban J connectivity index is 2.34. The highest BCUT2D eigenvalue weighted by molar-refractivity contribution is 7.16. The van der Waals surface area contributed by atoms with E-state index in [4.69, 9.17) is 5.11 Å². The zero-order chi connectivity index (χ0) is 14.7. The number of aliphatic hydroxyl groups excluding tert-OH is 1. The Morgan fingerprint density at radius 2 is 2.15 bits per heavy atom. The second-order valence-corrected chi connectivity index (χ2v) is 5.58. The summed E-state index contributed by atoms with van der Waals surface area (Å²) in [5.74, 6) is -1.10. The van der Waals surface area contributed by atoms with E-state index >= 15 is 0 Å². The van der Waals surface area contributed by atoms with E-state index in [9.17, 15) is 9.90 Å². The number of aliphatic hydroxyl groups is 1. The van der Waals surface area contributed by atoms with Gasteiger partial charge in [0.05, 0.1) is 11.7 Å². The first-order valence-electron chi connectivity index (χ1n) is 6.13. The van der Waals surface area contributed by atoms with Crippen molar-refractivity contribution in [3.63, 3.8) is 0 Å². The molecule has 1 unspecified atom stereocenters. The van der Waals surface area contributed by atoms with E-state index in [1.807, 2.05) is 31.2 Å². The topological polar surface area (TPSA) is 70.4 Å². The van der Waals surface area contributed by atoms with E-state index in [1.165, 1.54) is 24.3 Å². The molecule has 2 heterocycles. The maximum atomic E-state index is 11.0. The van der Waals surface area contributed by atoms with Crippen LogP contribution in [0.25, 0.3) is 16.5 Å².